The summed E-state index contributed by atoms with van der Waals surface area (Å²) >= 11 is 0. The van der Waals surface area contributed by atoms with Crippen LogP contribution in [0.5, 0.6) is 5.75 Å². The van der Waals surface area contributed by atoms with E-state index in [1.54, 1.807) is 38.1 Å². The van der Waals surface area contributed by atoms with Crippen LogP contribution in [-0.2, 0) is 20.0 Å². The molecule has 33 heavy (non-hydrogen) atoms. The van der Waals surface area contributed by atoms with Crippen molar-refractivity contribution < 1.29 is 27.1 Å². The van der Waals surface area contributed by atoms with E-state index < -0.39 is 32.6 Å². The van der Waals surface area contributed by atoms with Crippen LogP contribution in [0.4, 0.5) is 9.18 Å². The summed E-state index contributed by atoms with van der Waals surface area (Å²) in [5.41, 5.74) is -0.614. The van der Waals surface area contributed by atoms with Gasteiger partial charge in [-0.1, -0.05) is 32.1 Å². The lowest BCUT2D eigenvalue weighted by molar-refractivity contribution is -0.124. The molecule has 1 N–H and O–H groups in total. The number of ether oxygens (including phenoxy) is 1. The molecule has 7 nitrogen and oxygen atoms in total. The largest absolute Gasteiger partial charge is 0.490 e. The first-order chi connectivity index (χ1) is 15.4. The number of rotatable bonds is 11. The van der Waals surface area contributed by atoms with Crippen molar-refractivity contribution in [2.24, 2.45) is 5.92 Å². The number of allylic oxidation sites excluding steroid dienone is 1. The maximum Gasteiger partial charge on any atom is 0.325 e. The number of hydrogen-bond acceptors (Lipinski definition) is 5. The second-order valence-electron chi connectivity index (χ2n) is 9.91. The van der Waals surface area contributed by atoms with Gasteiger partial charge in [-0.3, -0.25) is 10.1 Å². The van der Waals surface area contributed by atoms with Crippen LogP contribution >= 0.6 is 0 Å². The van der Waals surface area contributed by atoms with Gasteiger partial charge in [0.05, 0.1) is 18.1 Å². The van der Waals surface area contributed by atoms with Crippen LogP contribution < -0.4 is 10.1 Å². The first-order valence-corrected chi connectivity index (χ1v) is 13.1. The number of halogens is 1. The summed E-state index contributed by atoms with van der Waals surface area (Å²) in [7, 11) is -3.35. The van der Waals surface area contributed by atoms with Gasteiger partial charge in [0.2, 0.25) is 0 Å². The highest BCUT2D eigenvalue weighted by Crippen LogP contribution is 2.50. The molecule has 2 aliphatic rings. The summed E-state index contributed by atoms with van der Waals surface area (Å²) in [6.07, 6.45) is 5.23. The van der Waals surface area contributed by atoms with Gasteiger partial charge in [0.25, 0.3) is 5.91 Å². The maximum atomic E-state index is 14.1. The zero-order valence-corrected chi connectivity index (χ0v) is 20.5. The summed E-state index contributed by atoms with van der Waals surface area (Å²) in [4.78, 5) is 25.1. The van der Waals surface area contributed by atoms with Crippen molar-refractivity contribution >= 4 is 21.8 Å². The number of sulfone groups is 1. The zero-order valence-electron chi connectivity index (χ0n) is 19.7. The van der Waals surface area contributed by atoms with Gasteiger partial charge < -0.3 is 9.64 Å². The molecule has 0 atom stereocenters. The van der Waals surface area contributed by atoms with Gasteiger partial charge in [0, 0.05) is 12.0 Å². The predicted octanol–water partition coefficient (Wildman–Crippen LogP) is 3.58. The van der Waals surface area contributed by atoms with E-state index in [2.05, 4.69) is 5.32 Å². The first-order valence-electron chi connectivity index (χ1n) is 11.3. The van der Waals surface area contributed by atoms with Crippen molar-refractivity contribution in [1.29, 1.82) is 0 Å². The molecule has 0 radical (unpaired) electrons. The average molecular weight is 481 g/mol. The molecule has 1 aliphatic heterocycles. The van der Waals surface area contributed by atoms with Crippen LogP contribution in [0, 0.1) is 11.7 Å². The molecule has 1 aromatic carbocycles. The van der Waals surface area contributed by atoms with E-state index in [1.165, 1.54) is 11.0 Å². The molecule has 1 aliphatic carbocycles. The number of carbonyl (C=O) groups is 2. The molecule has 2 fully saturated rings. The number of benzene rings is 1. The Morgan fingerprint density at radius 2 is 1.91 bits per heavy atom. The minimum Gasteiger partial charge on any atom is -0.490 e. The van der Waals surface area contributed by atoms with Gasteiger partial charge in [0.15, 0.2) is 21.4 Å². The lowest BCUT2D eigenvalue weighted by atomic mass is 9.98. The van der Waals surface area contributed by atoms with Crippen LogP contribution in [-0.4, -0.2) is 55.5 Å². The van der Waals surface area contributed by atoms with Crippen LogP contribution in [0.2, 0.25) is 0 Å². The molecule has 1 saturated heterocycles. The average Bonchev–Trinajstić information content (AvgIpc) is 3.45. The molecule has 3 amide bonds. The Balaban J connectivity index is 1.56. The van der Waals surface area contributed by atoms with Crippen molar-refractivity contribution in [3.63, 3.8) is 0 Å². The lowest BCUT2D eigenvalue weighted by Crippen LogP contribution is -2.44. The smallest absolute Gasteiger partial charge is 0.325 e. The van der Waals surface area contributed by atoms with Crippen LogP contribution in [0.15, 0.2) is 30.4 Å². The Kier molecular flexibility index (Phi) is 7.21. The number of carbonyl (C=O) groups excluding carboxylic acids is 2. The third-order valence-corrected chi connectivity index (χ3v) is 8.06. The second-order valence-corrected chi connectivity index (χ2v) is 12.1. The SMILES string of the molecule is CC(C)COc1cc(C2(CS(=O)(=O)CC/C=C/CN3C(=O)NC(=O)C3(C)C)CC2)ccc1F. The Labute approximate surface area is 195 Å². The number of urea groups is 1. The van der Waals surface area contributed by atoms with Crippen molar-refractivity contribution in [3.8, 4) is 5.75 Å². The number of nitrogens with zero attached hydrogens (tertiary/aromatic N) is 1. The van der Waals surface area contributed by atoms with Crippen molar-refractivity contribution in [1.82, 2.24) is 10.2 Å². The first kappa shape index (κ1) is 25.2. The highest BCUT2D eigenvalue weighted by molar-refractivity contribution is 7.91. The van der Waals surface area contributed by atoms with Gasteiger partial charge >= 0.3 is 6.03 Å². The van der Waals surface area contributed by atoms with Gasteiger partial charge in [-0.2, -0.15) is 0 Å². The van der Waals surface area contributed by atoms with Crippen molar-refractivity contribution in [2.45, 2.75) is 57.9 Å². The van der Waals surface area contributed by atoms with E-state index in [0.717, 1.165) is 18.4 Å². The van der Waals surface area contributed by atoms with Crippen LogP contribution in [0.3, 0.4) is 0 Å². The number of amides is 3. The van der Waals surface area contributed by atoms with E-state index >= 15 is 0 Å². The zero-order chi connectivity index (χ0) is 24.4. The van der Waals surface area contributed by atoms with E-state index in [4.69, 9.17) is 4.74 Å². The highest BCUT2D eigenvalue weighted by atomic mass is 32.2. The molecular weight excluding hydrogens is 447 g/mol. The minimum absolute atomic E-state index is 0.0131. The Morgan fingerprint density at radius 1 is 1.21 bits per heavy atom. The van der Waals surface area contributed by atoms with Gasteiger partial charge in [-0.05, 0) is 56.7 Å². The van der Waals surface area contributed by atoms with Crippen LogP contribution in [0.1, 0.15) is 52.5 Å². The summed E-state index contributed by atoms with van der Waals surface area (Å²) in [6, 6.07) is 4.20. The molecule has 0 spiro atoms. The monoisotopic (exact) mass is 480 g/mol. The third-order valence-electron chi connectivity index (χ3n) is 6.21. The molecule has 182 valence electrons. The minimum atomic E-state index is -3.35. The normalized spacial score (nSPS) is 19.4. The van der Waals surface area contributed by atoms with Crippen LogP contribution in [0.25, 0.3) is 0 Å². The fourth-order valence-electron chi connectivity index (χ4n) is 3.91. The third kappa shape index (κ3) is 5.93. The molecule has 3 rings (SSSR count). The summed E-state index contributed by atoms with van der Waals surface area (Å²) in [6.45, 7) is 7.90. The standard InChI is InChI=1S/C24H33FN2O5S/c1-17(2)15-32-20-14-18(8-9-19(20)25)24(10-11-24)16-33(30,31)13-7-5-6-12-27-22(29)26-21(28)23(27,3)4/h5-6,8-9,14,17H,7,10-13,15-16H2,1-4H3,(H,26,28,29)/b6-5+. The van der Waals surface area contributed by atoms with Crippen molar-refractivity contribution in [3.05, 3.63) is 41.7 Å². The predicted molar refractivity (Wildman–Crippen MR) is 124 cm³/mol. The molecule has 9 heteroatoms. The summed E-state index contributed by atoms with van der Waals surface area (Å²) < 4.78 is 45.3. The molecule has 1 heterocycles. The van der Waals surface area contributed by atoms with E-state index in [0.29, 0.717) is 13.0 Å². The number of hydrogen-bond donors (Lipinski definition) is 1. The fourth-order valence-corrected chi connectivity index (χ4v) is 5.85. The fraction of sp³-hybridized carbons (Fsp3) is 0.583. The van der Waals surface area contributed by atoms with Gasteiger partial charge in [0.1, 0.15) is 5.54 Å². The Hall–Kier alpha value is -2.42. The van der Waals surface area contributed by atoms with E-state index in [1.807, 2.05) is 13.8 Å². The van der Waals surface area contributed by atoms with Gasteiger partial charge in [-0.15, -0.1) is 0 Å². The summed E-state index contributed by atoms with van der Waals surface area (Å²) in [5, 5.41) is 2.28. The topological polar surface area (TPSA) is 92.8 Å². The van der Waals surface area contributed by atoms with E-state index in [9.17, 15) is 22.4 Å². The quantitative estimate of drug-likeness (QED) is 0.386. The maximum absolute atomic E-state index is 14.1. The molecule has 1 saturated carbocycles. The number of imide groups is 1. The second kappa shape index (κ2) is 9.44. The van der Waals surface area contributed by atoms with Crippen molar-refractivity contribution in [2.75, 3.05) is 24.7 Å². The van der Waals surface area contributed by atoms with E-state index in [-0.39, 0.29) is 35.6 Å². The Bertz CT molecular complexity index is 1040. The van der Waals surface area contributed by atoms with Gasteiger partial charge in [-0.25, -0.2) is 17.6 Å². The molecule has 0 aromatic heterocycles. The molecule has 0 bridgehead atoms. The molecule has 1 aromatic rings. The highest BCUT2D eigenvalue weighted by Gasteiger charge is 2.48. The Morgan fingerprint density at radius 3 is 2.48 bits per heavy atom. The lowest BCUT2D eigenvalue weighted by Gasteiger charge is -2.26. The molecular formula is C24H33FN2O5S. The number of nitrogens with one attached hydrogen (secondary N) is 1. The summed E-state index contributed by atoms with van der Waals surface area (Å²) in [5.74, 6) is -0.379. The molecule has 0 unspecified atom stereocenters.